The molecule has 0 radical (unpaired) electrons. The van der Waals surface area contributed by atoms with Gasteiger partial charge in [-0.3, -0.25) is 4.98 Å². The van der Waals surface area contributed by atoms with Crippen LogP contribution in [0.15, 0.2) is 138 Å². The Morgan fingerprint density at radius 1 is 0.719 bits per heavy atom. The Kier molecular flexibility index (Phi) is 11.5. The summed E-state index contributed by atoms with van der Waals surface area (Å²) in [5, 5.41) is 2.00. The van der Waals surface area contributed by atoms with E-state index in [0.717, 1.165) is 78.8 Å². The van der Waals surface area contributed by atoms with Crippen LogP contribution in [0.1, 0.15) is 32.0 Å². The third-order valence-electron chi connectivity index (χ3n) is 9.79. The van der Waals surface area contributed by atoms with E-state index in [1.807, 2.05) is 67.6 Å². The van der Waals surface area contributed by atoms with Gasteiger partial charge in [0.25, 0.3) is 0 Å². The van der Waals surface area contributed by atoms with Crippen LogP contribution in [0.25, 0.3) is 72.4 Å². The normalized spacial score (nSPS) is 11.7. The van der Waals surface area contributed by atoms with E-state index in [2.05, 4.69) is 139 Å². The average molecular weight is 983 g/mol. The van der Waals surface area contributed by atoms with Crippen molar-refractivity contribution >= 4 is 50.9 Å². The Morgan fingerprint density at radius 2 is 1.46 bits per heavy atom. The van der Waals surface area contributed by atoms with Gasteiger partial charge in [0.1, 0.15) is 0 Å². The predicted molar refractivity (Wildman–Crippen MR) is 234 cm³/mol. The molecule has 5 aromatic carbocycles. The van der Waals surface area contributed by atoms with E-state index >= 15 is 0 Å². The Bertz CT molecular complexity index is 2810. The van der Waals surface area contributed by atoms with Crippen molar-refractivity contribution in [1.82, 2.24) is 19.5 Å². The van der Waals surface area contributed by atoms with Gasteiger partial charge in [0.2, 0.25) is 5.71 Å². The Hall–Kier alpha value is -5.14. The number of benzene rings is 5. The number of rotatable bonds is 6. The second kappa shape index (κ2) is 16.4. The number of aryl methyl sites for hydroxylation is 1. The summed E-state index contributed by atoms with van der Waals surface area (Å²) < 4.78 is 9.88. The van der Waals surface area contributed by atoms with Crippen molar-refractivity contribution in [2.24, 2.45) is 5.41 Å². The molecule has 5 nitrogen and oxygen atoms in total. The van der Waals surface area contributed by atoms with E-state index in [9.17, 15) is 0 Å². The van der Waals surface area contributed by atoms with Crippen LogP contribution in [-0.4, -0.2) is 32.8 Å². The van der Waals surface area contributed by atoms with Gasteiger partial charge in [-0.1, -0.05) is 71.6 Å². The first kappa shape index (κ1) is 40.1. The molecule has 0 aliphatic heterocycles. The van der Waals surface area contributed by atoms with Gasteiger partial charge >= 0.3 is 152 Å². The summed E-state index contributed by atoms with van der Waals surface area (Å²) in [5.41, 5.74) is 12.2. The zero-order valence-corrected chi connectivity index (χ0v) is 37.9. The van der Waals surface area contributed by atoms with Gasteiger partial charge in [-0.05, 0) is 42.8 Å². The first-order valence-corrected chi connectivity index (χ1v) is 26.5. The van der Waals surface area contributed by atoms with Crippen LogP contribution in [0.4, 0.5) is 0 Å². The van der Waals surface area contributed by atoms with Gasteiger partial charge in [0.15, 0.2) is 0 Å². The Labute approximate surface area is 352 Å². The van der Waals surface area contributed by atoms with E-state index in [1.54, 1.807) is 0 Å². The fraction of sp³-hybridized carbons (Fsp3) is 0.180. The molecule has 0 saturated carbocycles. The zero-order chi connectivity index (χ0) is 39.0. The zero-order valence-electron chi connectivity index (χ0n) is 33.4. The van der Waals surface area contributed by atoms with Gasteiger partial charge in [-0.2, -0.15) is 0 Å². The largest absolute Gasteiger partial charge is 3.00 e. The number of aromatic nitrogens is 4. The maximum atomic E-state index is 6.32. The molecule has 4 heterocycles. The molecule has 0 unspecified atom stereocenters. The van der Waals surface area contributed by atoms with Crippen molar-refractivity contribution in [2.45, 2.75) is 51.4 Å². The van der Waals surface area contributed by atoms with Crippen LogP contribution in [-0.2, 0) is 26.5 Å². The molecule has 0 amide bonds. The standard InChI is InChI=1S/C31H20N3O.C19H25GeN.Ir/c1-20-18-19-24-23-13-9-14-25(29(23)35-31(24)32-20)30-33-26-15-6-8-17-28(26)34(30)27-16-7-5-12-22(27)21-10-3-2-4-11-21;1-19(2,3)13-16-12-17(15-10-8-7-9-11-15)14-21-18(16)20(4,5)6;/h2-13,15-19H,1H3;7-10,12H,13H2,1-6H3;/q-1;-2;+3. The molecule has 284 valence electrons. The molecule has 7 heteroatoms. The molecule has 0 N–H and O–H groups in total. The molecule has 57 heavy (non-hydrogen) atoms. The van der Waals surface area contributed by atoms with Crippen LogP contribution in [0.5, 0.6) is 0 Å². The number of hydrogen-bond donors (Lipinski definition) is 0. The molecule has 0 spiro atoms. The molecule has 9 rings (SSSR count). The van der Waals surface area contributed by atoms with Gasteiger partial charge < -0.3 is 8.98 Å². The van der Waals surface area contributed by atoms with E-state index in [0.29, 0.717) is 5.71 Å². The maximum Gasteiger partial charge on any atom is 3.00 e. The van der Waals surface area contributed by atoms with E-state index in [1.165, 1.54) is 10.1 Å². The number of nitrogens with zero attached hydrogens (tertiary/aromatic N) is 4. The molecular weight excluding hydrogens is 937 g/mol. The first-order chi connectivity index (χ1) is 26.9. The minimum Gasteiger partial charge on any atom is -0.486 e. The Morgan fingerprint density at radius 3 is 2.21 bits per heavy atom. The molecule has 0 fully saturated rings. The monoisotopic (exact) mass is 984 g/mol. The second-order valence-electron chi connectivity index (χ2n) is 16.6. The van der Waals surface area contributed by atoms with Crippen molar-refractivity contribution in [3.63, 3.8) is 0 Å². The molecule has 0 saturated heterocycles. The fourth-order valence-corrected chi connectivity index (χ4v) is 10.5. The fourth-order valence-electron chi connectivity index (χ4n) is 7.37. The van der Waals surface area contributed by atoms with Gasteiger partial charge in [0.05, 0.1) is 22.4 Å². The number of para-hydroxylation sites is 3. The molecule has 0 atom stereocenters. The predicted octanol–water partition coefficient (Wildman–Crippen LogP) is 12.2. The van der Waals surface area contributed by atoms with E-state index in [4.69, 9.17) is 14.4 Å². The maximum absolute atomic E-state index is 6.32. The van der Waals surface area contributed by atoms with Crippen molar-refractivity contribution in [3.05, 3.63) is 163 Å². The van der Waals surface area contributed by atoms with Crippen molar-refractivity contribution < 1.29 is 24.5 Å². The average Bonchev–Trinajstić information content (AvgIpc) is 3.76. The third kappa shape index (κ3) is 8.45. The summed E-state index contributed by atoms with van der Waals surface area (Å²) >= 11 is -1.98. The number of imidazole rings is 1. The summed E-state index contributed by atoms with van der Waals surface area (Å²) in [7, 11) is 0. The van der Waals surface area contributed by atoms with Crippen LogP contribution >= 0.6 is 0 Å². The summed E-state index contributed by atoms with van der Waals surface area (Å²) in [6.07, 6.45) is 4.31. The van der Waals surface area contributed by atoms with Crippen molar-refractivity contribution in [2.75, 3.05) is 0 Å². The van der Waals surface area contributed by atoms with Gasteiger partial charge in [-0.15, -0.1) is 18.2 Å². The van der Waals surface area contributed by atoms with E-state index in [-0.39, 0.29) is 25.5 Å². The number of hydrogen-bond acceptors (Lipinski definition) is 4. The van der Waals surface area contributed by atoms with Crippen molar-refractivity contribution in [1.29, 1.82) is 0 Å². The molecule has 9 aromatic rings. The second-order valence-corrected chi connectivity index (χ2v) is 27.0. The third-order valence-corrected chi connectivity index (χ3v) is 13.7. The van der Waals surface area contributed by atoms with E-state index < -0.39 is 13.3 Å². The number of pyridine rings is 2. The summed E-state index contributed by atoms with van der Waals surface area (Å²) in [4.78, 5) is 14.4. The quantitative estimate of drug-likeness (QED) is 0.123. The summed E-state index contributed by atoms with van der Waals surface area (Å²) in [6, 6.07) is 52.2. The summed E-state index contributed by atoms with van der Waals surface area (Å²) in [5.74, 6) is 7.99. The van der Waals surface area contributed by atoms with Gasteiger partial charge in [0, 0.05) is 22.3 Å². The van der Waals surface area contributed by atoms with Crippen molar-refractivity contribution in [3.8, 4) is 39.3 Å². The van der Waals surface area contributed by atoms with Crippen LogP contribution in [0.2, 0.25) is 17.3 Å². The molecular formula is C50H45GeIrN4O. The van der Waals surface area contributed by atoms with Crippen LogP contribution in [0.3, 0.4) is 0 Å². The van der Waals surface area contributed by atoms with Crippen LogP contribution in [0, 0.1) is 30.7 Å². The minimum absolute atomic E-state index is 0. The number of furan rings is 1. The SMILES string of the molecule is CC(C)(C)Cc1cc(-c2[c-]cccc2)[c-]n[c]1[Ge]([CH3])([CH3])[CH3].Cc1ccc2c(n1)oc1c(-c3nc4ccccc4n3-c3ccccc3-c3ccccc3)[c-]ccc12.[Ir+3]. The van der Waals surface area contributed by atoms with Crippen LogP contribution < -0.4 is 4.53 Å². The first-order valence-electron chi connectivity index (χ1n) is 19.2. The summed E-state index contributed by atoms with van der Waals surface area (Å²) in [6.45, 7) is 8.84. The molecule has 0 bridgehead atoms. The molecule has 4 aromatic heterocycles. The molecule has 0 aliphatic carbocycles. The number of fused-ring (bicyclic) bond motifs is 4. The minimum atomic E-state index is -1.98. The smallest absolute Gasteiger partial charge is 0.486 e. The topological polar surface area (TPSA) is 56.7 Å². The molecule has 0 aliphatic rings. The Balaban J connectivity index is 0.000000195. The van der Waals surface area contributed by atoms with Gasteiger partial charge in [-0.25, -0.2) is 4.98 Å².